The van der Waals surface area contributed by atoms with E-state index < -0.39 is 0 Å². The second-order valence-electron chi connectivity index (χ2n) is 4.27. The fraction of sp³-hybridized carbons (Fsp3) is 0.667. The Bertz CT molecular complexity index is 276. The first kappa shape index (κ1) is 9.78. The molecule has 0 atom stereocenters. The number of aryl methyl sites for hydroxylation is 1. The highest BCUT2D eigenvalue weighted by Crippen LogP contribution is 2.28. The Hall–Kier alpha value is -0.760. The first-order valence-electron chi connectivity index (χ1n) is 5.60. The first-order valence-corrected chi connectivity index (χ1v) is 5.60. The summed E-state index contributed by atoms with van der Waals surface area (Å²) in [5.74, 6) is 3.05. The van der Waals surface area contributed by atoms with Crippen LogP contribution in [0.15, 0.2) is 16.5 Å². The van der Waals surface area contributed by atoms with Crippen LogP contribution < -0.4 is 5.32 Å². The smallest absolute Gasteiger partial charge is 0.117 e. The van der Waals surface area contributed by atoms with Gasteiger partial charge in [-0.1, -0.05) is 19.3 Å². The molecule has 0 aliphatic heterocycles. The minimum absolute atomic E-state index is 0.876. The second kappa shape index (κ2) is 4.65. The van der Waals surface area contributed by atoms with Crippen molar-refractivity contribution < 1.29 is 4.42 Å². The molecule has 1 aliphatic rings. The van der Waals surface area contributed by atoms with Crippen molar-refractivity contribution in [1.29, 1.82) is 0 Å². The van der Waals surface area contributed by atoms with Gasteiger partial charge in [0.05, 0.1) is 6.54 Å². The van der Waals surface area contributed by atoms with Gasteiger partial charge in [0.2, 0.25) is 0 Å². The molecule has 2 heteroatoms. The summed E-state index contributed by atoms with van der Waals surface area (Å²) in [6.45, 7) is 3.99. The van der Waals surface area contributed by atoms with Gasteiger partial charge in [-0.25, -0.2) is 0 Å². The highest BCUT2D eigenvalue weighted by Gasteiger charge is 2.16. The molecule has 0 saturated heterocycles. The third kappa shape index (κ3) is 2.61. The Balaban J connectivity index is 1.58. The highest BCUT2D eigenvalue weighted by molar-refractivity contribution is 5.05. The zero-order valence-electron chi connectivity index (χ0n) is 8.88. The van der Waals surface area contributed by atoms with Gasteiger partial charge in [-0.3, -0.25) is 0 Å². The van der Waals surface area contributed by atoms with Crippen LogP contribution in [0.2, 0.25) is 0 Å². The largest absolute Gasteiger partial charge is 0.465 e. The van der Waals surface area contributed by atoms with Gasteiger partial charge < -0.3 is 9.73 Å². The van der Waals surface area contributed by atoms with E-state index >= 15 is 0 Å². The van der Waals surface area contributed by atoms with Gasteiger partial charge in [-0.05, 0) is 37.9 Å². The van der Waals surface area contributed by atoms with Gasteiger partial charge >= 0.3 is 0 Å². The van der Waals surface area contributed by atoms with Crippen LogP contribution in [0.1, 0.15) is 37.2 Å². The van der Waals surface area contributed by atoms with E-state index in [-0.39, 0.29) is 0 Å². The Labute approximate surface area is 85.7 Å². The molecule has 14 heavy (non-hydrogen) atoms. The number of hydrogen-bond donors (Lipinski definition) is 1. The van der Waals surface area contributed by atoms with Gasteiger partial charge in [0.25, 0.3) is 0 Å². The molecule has 1 aliphatic carbocycles. The van der Waals surface area contributed by atoms with Crippen LogP contribution in [-0.2, 0) is 6.54 Å². The van der Waals surface area contributed by atoms with E-state index in [4.69, 9.17) is 4.42 Å². The van der Waals surface area contributed by atoms with Crippen molar-refractivity contribution in [3.63, 3.8) is 0 Å². The predicted molar refractivity (Wildman–Crippen MR) is 57.1 cm³/mol. The van der Waals surface area contributed by atoms with Crippen LogP contribution in [-0.4, -0.2) is 6.54 Å². The van der Waals surface area contributed by atoms with Crippen molar-refractivity contribution in [3.05, 3.63) is 23.7 Å². The summed E-state index contributed by atoms with van der Waals surface area (Å²) in [5.41, 5.74) is 0. The van der Waals surface area contributed by atoms with Crippen LogP contribution in [0.5, 0.6) is 0 Å². The Kier molecular flexibility index (Phi) is 3.25. The maximum absolute atomic E-state index is 5.47. The van der Waals surface area contributed by atoms with Gasteiger partial charge in [-0.15, -0.1) is 0 Å². The lowest BCUT2D eigenvalue weighted by Gasteiger charge is -2.25. The maximum Gasteiger partial charge on any atom is 0.117 e. The van der Waals surface area contributed by atoms with Crippen molar-refractivity contribution in [1.82, 2.24) is 5.32 Å². The Morgan fingerprint density at radius 3 is 2.86 bits per heavy atom. The summed E-state index contributed by atoms with van der Waals surface area (Å²) in [4.78, 5) is 0. The first-order chi connectivity index (χ1) is 6.84. The summed E-state index contributed by atoms with van der Waals surface area (Å²) in [7, 11) is 0. The molecule has 1 fully saturated rings. The molecular formula is C12H19NO. The standard InChI is InChI=1S/C12H19NO/c1-10-5-6-12(14-10)9-13-8-7-11-3-2-4-11/h5-6,11,13H,2-4,7-9H2,1H3. The minimum atomic E-state index is 0.876. The molecular weight excluding hydrogens is 174 g/mol. The van der Waals surface area contributed by atoms with Crippen molar-refractivity contribution in [3.8, 4) is 0 Å². The number of hydrogen-bond acceptors (Lipinski definition) is 2. The summed E-state index contributed by atoms with van der Waals surface area (Å²) >= 11 is 0. The molecule has 1 saturated carbocycles. The lowest BCUT2D eigenvalue weighted by molar-refractivity contribution is 0.290. The Morgan fingerprint density at radius 2 is 2.29 bits per heavy atom. The van der Waals surface area contributed by atoms with Crippen molar-refractivity contribution in [2.24, 2.45) is 5.92 Å². The third-order valence-electron chi connectivity index (χ3n) is 3.05. The monoisotopic (exact) mass is 193 g/mol. The molecule has 0 bridgehead atoms. The summed E-state index contributed by atoms with van der Waals surface area (Å²) in [6, 6.07) is 4.06. The zero-order chi connectivity index (χ0) is 9.80. The minimum Gasteiger partial charge on any atom is -0.465 e. The van der Waals surface area contributed by atoms with Gasteiger partial charge in [0.1, 0.15) is 11.5 Å². The molecule has 1 aromatic heterocycles. The van der Waals surface area contributed by atoms with E-state index in [1.165, 1.54) is 25.7 Å². The van der Waals surface area contributed by atoms with E-state index in [1.807, 2.05) is 19.1 Å². The summed E-state index contributed by atoms with van der Waals surface area (Å²) in [6.07, 6.45) is 5.67. The third-order valence-corrected chi connectivity index (χ3v) is 3.05. The molecule has 1 heterocycles. The molecule has 0 radical (unpaired) electrons. The van der Waals surface area contributed by atoms with Gasteiger partial charge in [-0.2, -0.15) is 0 Å². The SMILES string of the molecule is Cc1ccc(CNCCC2CCC2)o1. The molecule has 2 nitrogen and oxygen atoms in total. The summed E-state index contributed by atoms with van der Waals surface area (Å²) in [5, 5.41) is 3.42. The van der Waals surface area contributed by atoms with E-state index in [0.717, 1.165) is 30.5 Å². The average molecular weight is 193 g/mol. The van der Waals surface area contributed by atoms with E-state index in [2.05, 4.69) is 5.32 Å². The molecule has 0 unspecified atom stereocenters. The fourth-order valence-electron chi connectivity index (χ4n) is 1.88. The highest BCUT2D eigenvalue weighted by atomic mass is 16.3. The molecule has 78 valence electrons. The van der Waals surface area contributed by atoms with E-state index in [9.17, 15) is 0 Å². The average Bonchev–Trinajstić information content (AvgIpc) is 2.48. The van der Waals surface area contributed by atoms with Crippen LogP contribution in [0.4, 0.5) is 0 Å². The zero-order valence-corrected chi connectivity index (χ0v) is 8.88. The molecule has 0 aromatic carbocycles. The molecule has 1 aromatic rings. The maximum atomic E-state index is 5.47. The fourth-order valence-corrected chi connectivity index (χ4v) is 1.88. The van der Waals surface area contributed by atoms with Crippen molar-refractivity contribution in [2.75, 3.05) is 6.54 Å². The molecule has 2 rings (SSSR count). The quantitative estimate of drug-likeness (QED) is 0.727. The van der Waals surface area contributed by atoms with E-state index in [0.29, 0.717) is 0 Å². The molecule has 0 spiro atoms. The predicted octanol–water partition coefficient (Wildman–Crippen LogP) is 2.87. The molecule has 1 N–H and O–H groups in total. The number of nitrogens with one attached hydrogen (secondary N) is 1. The Morgan fingerprint density at radius 1 is 1.43 bits per heavy atom. The van der Waals surface area contributed by atoms with Crippen LogP contribution in [0.3, 0.4) is 0 Å². The van der Waals surface area contributed by atoms with Crippen molar-refractivity contribution >= 4 is 0 Å². The van der Waals surface area contributed by atoms with Crippen LogP contribution >= 0.6 is 0 Å². The van der Waals surface area contributed by atoms with Crippen LogP contribution in [0.25, 0.3) is 0 Å². The van der Waals surface area contributed by atoms with Crippen LogP contribution in [0, 0.1) is 12.8 Å². The topological polar surface area (TPSA) is 25.2 Å². The number of furan rings is 1. The second-order valence-corrected chi connectivity index (χ2v) is 4.27. The van der Waals surface area contributed by atoms with Gasteiger partial charge in [0.15, 0.2) is 0 Å². The lowest BCUT2D eigenvalue weighted by Crippen LogP contribution is -2.20. The van der Waals surface area contributed by atoms with Crippen molar-refractivity contribution in [2.45, 2.75) is 39.2 Å². The van der Waals surface area contributed by atoms with E-state index in [1.54, 1.807) is 0 Å². The lowest BCUT2D eigenvalue weighted by atomic mass is 9.83. The molecule has 0 amide bonds. The summed E-state index contributed by atoms with van der Waals surface area (Å²) < 4.78 is 5.47. The normalized spacial score (nSPS) is 16.9. The van der Waals surface area contributed by atoms with Gasteiger partial charge in [0, 0.05) is 0 Å². The number of rotatable bonds is 5.